The summed E-state index contributed by atoms with van der Waals surface area (Å²) < 4.78 is 17.6. The first-order valence-electron chi connectivity index (χ1n) is 12.6. The Balaban J connectivity index is 1.25. The lowest BCUT2D eigenvalue weighted by atomic mass is 9.84. The number of rotatable bonds is 5. The normalized spacial score (nSPS) is 29.0. The minimum absolute atomic E-state index is 0.00783. The fourth-order valence-corrected chi connectivity index (χ4v) is 5.70. The molecule has 0 radical (unpaired) electrons. The van der Waals surface area contributed by atoms with Gasteiger partial charge in [0.25, 0.3) is 0 Å². The number of hydrogen-bond acceptors (Lipinski definition) is 6. The van der Waals surface area contributed by atoms with E-state index in [1.165, 1.54) is 6.42 Å². The SMILES string of the molecule is O=C(Nc1ccc2c(c1)[C@@H]1C[C@H](CC(=O)N3CCOCC3)O[C@H](CO)[C@@H]1O2)NC1CCCCC1. The first-order valence-corrected chi connectivity index (χ1v) is 12.6. The highest BCUT2D eigenvalue weighted by molar-refractivity contribution is 5.89. The van der Waals surface area contributed by atoms with E-state index in [-0.39, 0.29) is 49.1 Å². The number of hydrogen-bond donors (Lipinski definition) is 3. The van der Waals surface area contributed by atoms with Crippen molar-refractivity contribution < 1.29 is 28.9 Å². The Bertz CT molecular complexity index is 883. The van der Waals surface area contributed by atoms with Crippen molar-refractivity contribution >= 4 is 17.6 Å². The van der Waals surface area contributed by atoms with Crippen molar-refractivity contribution in [1.29, 1.82) is 0 Å². The number of nitrogens with zero attached hydrogens (tertiary/aromatic N) is 1. The number of anilines is 1. The van der Waals surface area contributed by atoms with Crippen molar-refractivity contribution in [2.24, 2.45) is 0 Å². The van der Waals surface area contributed by atoms with Crippen molar-refractivity contribution in [1.82, 2.24) is 10.2 Å². The van der Waals surface area contributed by atoms with Gasteiger partial charge >= 0.3 is 6.03 Å². The van der Waals surface area contributed by atoms with Crippen LogP contribution < -0.4 is 15.4 Å². The molecule has 4 atom stereocenters. The van der Waals surface area contributed by atoms with Gasteiger partial charge in [0.05, 0.1) is 32.3 Å². The van der Waals surface area contributed by atoms with Crippen LogP contribution in [-0.4, -0.2) is 79.2 Å². The van der Waals surface area contributed by atoms with Crippen LogP contribution in [0.25, 0.3) is 0 Å². The Morgan fingerprint density at radius 3 is 2.68 bits per heavy atom. The molecule has 1 aliphatic carbocycles. The van der Waals surface area contributed by atoms with Gasteiger partial charge in [0.15, 0.2) is 0 Å². The summed E-state index contributed by atoms with van der Waals surface area (Å²) in [5, 5.41) is 16.0. The topological polar surface area (TPSA) is 109 Å². The first kappa shape index (κ1) is 23.4. The van der Waals surface area contributed by atoms with E-state index in [0.717, 1.165) is 37.0 Å². The molecule has 1 aromatic rings. The van der Waals surface area contributed by atoms with E-state index in [4.69, 9.17) is 14.2 Å². The molecule has 1 aromatic carbocycles. The van der Waals surface area contributed by atoms with Crippen LogP contribution >= 0.6 is 0 Å². The zero-order chi connectivity index (χ0) is 23.5. The molecule has 34 heavy (non-hydrogen) atoms. The number of nitrogens with one attached hydrogen (secondary N) is 2. The number of benzene rings is 1. The number of urea groups is 1. The Labute approximate surface area is 200 Å². The Morgan fingerprint density at radius 2 is 1.91 bits per heavy atom. The summed E-state index contributed by atoms with van der Waals surface area (Å²) in [4.78, 5) is 27.1. The molecule has 3 fully saturated rings. The monoisotopic (exact) mass is 473 g/mol. The number of aliphatic hydroxyl groups is 1. The summed E-state index contributed by atoms with van der Waals surface area (Å²) in [5.74, 6) is 0.791. The molecule has 3 aliphatic heterocycles. The van der Waals surface area contributed by atoms with E-state index in [2.05, 4.69) is 10.6 Å². The Morgan fingerprint density at radius 1 is 1.12 bits per heavy atom. The van der Waals surface area contributed by atoms with Gasteiger partial charge in [0.1, 0.15) is 18.0 Å². The van der Waals surface area contributed by atoms with E-state index >= 15 is 0 Å². The van der Waals surface area contributed by atoms with Crippen molar-refractivity contribution in [2.75, 3.05) is 38.2 Å². The maximum atomic E-state index is 12.8. The molecule has 9 nitrogen and oxygen atoms in total. The number of ether oxygens (including phenoxy) is 3. The van der Waals surface area contributed by atoms with Gasteiger partial charge in [-0.25, -0.2) is 4.79 Å². The maximum absolute atomic E-state index is 12.8. The van der Waals surface area contributed by atoms with Gasteiger partial charge in [-0.1, -0.05) is 19.3 Å². The molecule has 0 bridgehead atoms. The van der Waals surface area contributed by atoms with Crippen molar-refractivity contribution in [3.63, 3.8) is 0 Å². The number of fused-ring (bicyclic) bond motifs is 3. The molecule has 3 heterocycles. The fourth-order valence-electron chi connectivity index (χ4n) is 5.70. The van der Waals surface area contributed by atoms with Crippen molar-refractivity contribution in [2.45, 2.75) is 75.2 Å². The largest absolute Gasteiger partial charge is 0.487 e. The molecule has 0 unspecified atom stereocenters. The van der Waals surface area contributed by atoms with Crippen LogP contribution in [0.5, 0.6) is 5.75 Å². The standard InChI is InChI=1S/C25H35N3O6/c29-15-22-24-20(13-18(33-22)14-23(30)28-8-10-32-11-9-28)19-12-17(6-7-21(19)34-24)27-25(31)26-16-4-2-1-3-5-16/h6-7,12,16,18,20,22,24,29H,1-5,8-11,13-15H2,(H2,26,27,31)/t18-,20+,22-,24-/m1/s1. The number of morpholine rings is 1. The van der Waals surface area contributed by atoms with E-state index in [0.29, 0.717) is 38.4 Å². The second kappa shape index (κ2) is 10.5. The minimum atomic E-state index is -0.500. The van der Waals surface area contributed by atoms with Crippen LogP contribution in [-0.2, 0) is 14.3 Å². The summed E-state index contributed by atoms with van der Waals surface area (Å²) in [6.07, 6.45) is 5.42. The van der Waals surface area contributed by atoms with Gasteiger partial charge in [-0.2, -0.15) is 0 Å². The Hall–Kier alpha value is -2.36. The summed E-state index contributed by atoms with van der Waals surface area (Å²) in [6, 6.07) is 5.72. The van der Waals surface area contributed by atoms with Crippen molar-refractivity contribution in [3.05, 3.63) is 23.8 Å². The van der Waals surface area contributed by atoms with Gasteiger partial charge in [-0.3, -0.25) is 4.79 Å². The predicted molar refractivity (Wildman–Crippen MR) is 125 cm³/mol. The molecule has 0 spiro atoms. The van der Waals surface area contributed by atoms with Crippen molar-refractivity contribution in [3.8, 4) is 5.75 Å². The average Bonchev–Trinajstić information content (AvgIpc) is 3.22. The highest BCUT2D eigenvalue weighted by Gasteiger charge is 2.46. The maximum Gasteiger partial charge on any atom is 0.319 e. The van der Waals surface area contributed by atoms with Crippen LogP contribution in [0, 0.1) is 0 Å². The molecular weight excluding hydrogens is 438 g/mol. The van der Waals surface area contributed by atoms with Gasteiger partial charge in [0, 0.05) is 36.3 Å². The van der Waals surface area contributed by atoms with Crippen LogP contribution in [0.1, 0.15) is 56.4 Å². The lowest BCUT2D eigenvalue weighted by Gasteiger charge is -2.38. The molecule has 9 heteroatoms. The van der Waals surface area contributed by atoms with Gasteiger partial charge in [-0.15, -0.1) is 0 Å². The molecule has 3 N–H and O–H groups in total. The van der Waals surface area contributed by atoms with Crippen LogP contribution in [0.4, 0.5) is 10.5 Å². The molecule has 0 aromatic heterocycles. The third-order valence-electron chi connectivity index (χ3n) is 7.46. The first-order chi connectivity index (χ1) is 16.6. The molecular formula is C25H35N3O6. The zero-order valence-corrected chi connectivity index (χ0v) is 19.5. The van der Waals surface area contributed by atoms with Gasteiger partial charge in [-0.05, 0) is 37.5 Å². The summed E-state index contributed by atoms with van der Waals surface area (Å²) in [7, 11) is 0. The summed E-state index contributed by atoms with van der Waals surface area (Å²) in [6.45, 7) is 2.15. The van der Waals surface area contributed by atoms with E-state index in [1.807, 2.05) is 23.1 Å². The molecule has 186 valence electrons. The second-order valence-corrected chi connectivity index (χ2v) is 9.79. The lowest BCUT2D eigenvalue weighted by molar-refractivity contribution is -0.151. The highest BCUT2D eigenvalue weighted by Crippen LogP contribution is 2.47. The molecule has 5 rings (SSSR count). The number of aliphatic hydroxyl groups excluding tert-OH is 1. The minimum Gasteiger partial charge on any atom is -0.487 e. The van der Waals surface area contributed by atoms with Gasteiger partial charge in [0.2, 0.25) is 5.91 Å². The third kappa shape index (κ3) is 5.16. The van der Waals surface area contributed by atoms with Gasteiger partial charge < -0.3 is 34.9 Å². The van der Waals surface area contributed by atoms with E-state index < -0.39 is 6.10 Å². The average molecular weight is 474 g/mol. The highest BCUT2D eigenvalue weighted by atomic mass is 16.6. The smallest absolute Gasteiger partial charge is 0.319 e. The second-order valence-electron chi connectivity index (χ2n) is 9.79. The fraction of sp³-hybridized carbons (Fsp3) is 0.680. The molecule has 2 saturated heterocycles. The lowest BCUT2D eigenvalue weighted by Crippen LogP contribution is -2.48. The number of amides is 3. The Kier molecular flexibility index (Phi) is 7.22. The third-order valence-corrected chi connectivity index (χ3v) is 7.46. The molecule has 3 amide bonds. The van der Waals surface area contributed by atoms with Crippen LogP contribution in [0.3, 0.4) is 0 Å². The van der Waals surface area contributed by atoms with Crippen LogP contribution in [0.2, 0.25) is 0 Å². The summed E-state index contributed by atoms with van der Waals surface area (Å²) >= 11 is 0. The number of carbonyl (C=O) groups excluding carboxylic acids is 2. The number of carbonyl (C=O) groups is 2. The molecule has 4 aliphatic rings. The van der Waals surface area contributed by atoms with Crippen LogP contribution in [0.15, 0.2) is 18.2 Å². The zero-order valence-electron chi connectivity index (χ0n) is 19.5. The summed E-state index contributed by atoms with van der Waals surface area (Å²) in [5.41, 5.74) is 1.70. The van der Waals surface area contributed by atoms with E-state index in [9.17, 15) is 14.7 Å². The molecule has 1 saturated carbocycles. The van der Waals surface area contributed by atoms with E-state index in [1.54, 1.807) is 0 Å². The predicted octanol–water partition coefficient (Wildman–Crippen LogP) is 2.38. The quantitative estimate of drug-likeness (QED) is 0.606.